The topological polar surface area (TPSA) is 66.7 Å². The van der Waals surface area contributed by atoms with Crippen molar-refractivity contribution in [1.29, 1.82) is 0 Å². The summed E-state index contributed by atoms with van der Waals surface area (Å²) in [6.07, 6.45) is 7.50. The summed E-state index contributed by atoms with van der Waals surface area (Å²) in [6.45, 7) is 10.7. The molecule has 0 amide bonds. The van der Waals surface area contributed by atoms with Crippen molar-refractivity contribution in [2.75, 3.05) is 0 Å². The molecule has 1 N–H and O–H groups in total. The van der Waals surface area contributed by atoms with E-state index in [0.717, 1.165) is 12.0 Å². The number of hydrogen-bond donors (Lipinski definition) is 1. The average Bonchev–Trinajstić information content (AvgIpc) is 3.04. The number of allylic oxidation sites excluding steroid dienone is 4. The molecule has 0 fully saturated rings. The summed E-state index contributed by atoms with van der Waals surface area (Å²) in [7, 11) is -4.02. The lowest BCUT2D eigenvalue weighted by atomic mass is 9.88. The molecule has 4 rings (SSSR count). The van der Waals surface area contributed by atoms with Crippen LogP contribution in [-0.2, 0) is 10.1 Å². The SMILES string of the molecule is Cc1c(C)c(C)c2c(c1C)N=C1CC=CC=C12.Cc1ccc(S(=O)(=O)O)cc1. The lowest BCUT2D eigenvalue weighted by Gasteiger charge is -2.15. The molecule has 0 bridgehead atoms. The highest BCUT2D eigenvalue weighted by atomic mass is 32.2. The van der Waals surface area contributed by atoms with Crippen LogP contribution in [0.2, 0.25) is 0 Å². The summed E-state index contributed by atoms with van der Waals surface area (Å²) in [4.78, 5) is 4.77. The van der Waals surface area contributed by atoms with E-state index in [0.29, 0.717) is 0 Å². The van der Waals surface area contributed by atoms with Crippen molar-refractivity contribution in [2.45, 2.75) is 45.9 Å². The van der Waals surface area contributed by atoms with Crippen LogP contribution in [0.4, 0.5) is 5.69 Å². The van der Waals surface area contributed by atoms with Gasteiger partial charge in [0.05, 0.1) is 16.3 Å². The first-order chi connectivity index (χ1) is 13.1. The van der Waals surface area contributed by atoms with E-state index in [4.69, 9.17) is 9.55 Å². The zero-order valence-electron chi connectivity index (χ0n) is 16.9. The summed E-state index contributed by atoms with van der Waals surface area (Å²) in [5.41, 5.74) is 11.6. The lowest BCUT2D eigenvalue weighted by molar-refractivity contribution is 0.483. The van der Waals surface area contributed by atoms with Gasteiger partial charge in [0.15, 0.2) is 0 Å². The molecule has 146 valence electrons. The van der Waals surface area contributed by atoms with Gasteiger partial charge < -0.3 is 0 Å². The van der Waals surface area contributed by atoms with Gasteiger partial charge in [-0.1, -0.05) is 35.9 Å². The van der Waals surface area contributed by atoms with Crippen LogP contribution in [0.1, 0.15) is 39.8 Å². The van der Waals surface area contributed by atoms with Gasteiger partial charge in [0.2, 0.25) is 0 Å². The Hall–Kier alpha value is -2.50. The number of fused-ring (bicyclic) bond motifs is 3. The monoisotopic (exact) mass is 395 g/mol. The third-order valence-corrected chi connectivity index (χ3v) is 6.38. The van der Waals surface area contributed by atoms with Crippen LogP contribution in [0.3, 0.4) is 0 Å². The maximum Gasteiger partial charge on any atom is 0.294 e. The Morgan fingerprint density at radius 3 is 2.11 bits per heavy atom. The summed E-state index contributed by atoms with van der Waals surface area (Å²) < 4.78 is 29.6. The van der Waals surface area contributed by atoms with Crippen LogP contribution >= 0.6 is 0 Å². The predicted molar refractivity (Wildman–Crippen MR) is 115 cm³/mol. The van der Waals surface area contributed by atoms with Crippen LogP contribution in [0, 0.1) is 34.6 Å². The van der Waals surface area contributed by atoms with Crippen molar-refractivity contribution in [3.05, 3.63) is 75.9 Å². The van der Waals surface area contributed by atoms with E-state index >= 15 is 0 Å². The zero-order chi connectivity index (χ0) is 20.6. The number of aryl methyl sites for hydroxylation is 1. The third-order valence-electron chi connectivity index (χ3n) is 5.51. The van der Waals surface area contributed by atoms with Crippen molar-refractivity contribution < 1.29 is 13.0 Å². The van der Waals surface area contributed by atoms with Gasteiger partial charge in [0.1, 0.15) is 0 Å². The third kappa shape index (κ3) is 3.73. The summed E-state index contributed by atoms with van der Waals surface area (Å²) in [6, 6.07) is 5.99. The predicted octanol–water partition coefficient (Wildman–Crippen LogP) is 5.59. The number of aliphatic imine (C=N–C) groups is 1. The number of benzene rings is 2. The van der Waals surface area contributed by atoms with Crippen molar-refractivity contribution in [2.24, 2.45) is 4.99 Å². The summed E-state index contributed by atoms with van der Waals surface area (Å²) in [5, 5.41) is 0. The molecule has 2 aliphatic rings. The van der Waals surface area contributed by atoms with Crippen molar-refractivity contribution in [1.82, 2.24) is 0 Å². The van der Waals surface area contributed by atoms with Gasteiger partial charge in [-0.25, -0.2) is 0 Å². The molecule has 1 heterocycles. The molecule has 1 aliphatic heterocycles. The molecular formula is C23H25NO3S. The van der Waals surface area contributed by atoms with E-state index in [2.05, 4.69) is 45.9 Å². The molecule has 0 aromatic heterocycles. The molecule has 2 aromatic rings. The minimum atomic E-state index is -4.02. The van der Waals surface area contributed by atoms with Gasteiger partial charge in [0, 0.05) is 17.6 Å². The fraction of sp³-hybridized carbons (Fsp3) is 0.261. The van der Waals surface area contributed by atoms with Crippen LogP contribution in [0.5, 0.6) is 0 Å². The second kappa shape index (κ2) is 7.49. The van der Waals surface area contributed by atoms with Gasteiger partial charge in [-0.15, -0.1) is 0 Å². The van der Waals surface area contributed by atoms with E-state index in [1.807, 2.05) is 6.92 Å². The van der Waals surface area contributed by atoms with Crippen molar-refractivity contribution >= 4 is 27.1 Å². The quantitative estimate of drug-likeness (QED) is 0.640. The molecular weight excluding hydrogens is 370 g/mol. The Balaban J connectivity index is 0.000000178. The van der Waals surface area contributed by atoms with Gasteiger partial charge in [-0.05, 0) is 69.0 Å². The van der Waals surface area contributed by atoms with E-state index in [1.54, 1.807) is 12.1 Å². The molecule has 0 spiro atoms. The van der Waals surface area contributed by atoms with Gasteiger partial charge in [-0.3, -0.25) is 9.55 Å². The molecule has 0 saturated heterocycles. The van der Waals surface area contributed by atoms with E-state index in [-0.39, 0.29) is 4.90 Å². The Kier molecular flexibility index (Phi) is 5.41. The first-order valence-corrected chi connectivity index (χ1v) is 10.6. The Morgan fingerprint density at radius 1 is 0.893 bits per heavy atom. The van der Waals surface area contributed by atoms with E-state index in [1.165, 1.54) is 56.9 Å². The molecule has 0 unspecified atom stereocenters. The summed E-state index contributed by atoms with van der Waals surface area (Å²) in [5.74, 6) is 0. The lowest BCUT2D eigenvalue weighted by Crippen LogP contribution is -2.01. The standard InChI is InChI=1S/C16H17N.C7H8O3S/c1-9-10(2)12(4)16-15(11(9)3)13-7-5-6-8-14(13)17-16;1-6-2-4-7(5-3-6)11(8,9)10/h5-7H,8H2,1-4H3;2-5H,1H3,(H,8,9,10). The summed E-state index contributed by atoms with van der Waals surface area (Å²) >= 11 is 0. The molecule has 2 aromatic carbocycles. The highest BCUT2D eigenvalue weighted by Crippen LogP contribution is 2.44. The molecule has 4 nitrogen and oxygen atoms in total. The molecule has 0 radical (unpaired) electrons. The Morgan fingerprint density at radius 2 is 1.50 bits per heavy atom. The first-order valence-electron chi connectivity index (χ1n) is 9.21. The molecule has 0 atom stereocenters. The minimum Gasteiger partial charge on any atom is -0.282 e. The molecule has 28 heavy (non-hydrogen) atoms. The van der Waals surface area contributed by atoms with Crippen LogP contribution in [0.15, 0.2) is 52.4 Å². The van der Waals surface area contributed by atoms with Gasteiger partial charge in [-0.2, -0.15) is 8.42 Å². The Bertz CT molecular complexity index is 1140. The van der Waals surface area contributed by atoms with Crippen molar-refractivity contribution in [3.63, 3.8) is 0 Å². The first kappa shape index (κ1) is 20.2. The normalized spacial score (nSPS) is 14.5. The Labute approximate surface area is 167 Å². The highest BCUT2D eigenvalue weighted by molar-refractivity contribution is 7.85. The maximum absolute atomic E-state index is 10.5. The van der Waals surface area contributed by atoms with Gasteiger partial charge >= 0.3 is 0 Å². The maximum atomic E-state index is 10.5. The van der Waals surface area contributed by atoms with Crippen molar-refractivity contribution in [3.8, 4) is 0 Å². The molecule has 0 saturated carbocycles. The number of rotatable bonds is 1. The molecule has 5 heteroatoms. The second-order valence-corrected chi connectivity index (χ2v) is 8.70. The van der Waals surface area contributed by atoms with E-state index < -0.39 is 10.1 Å². The smallest absolute Gasteiger partial charge is 0.282 e. The fourth-order valence-electron chi connectivity index (χ4n) is 3.49. The number of hydrogen-bond acceptors (Lipinski definition) is 3. The highest BCUT2D eigenvalue weighted by Gasteiger charge is 2.26. The molecule has 1 aliphatic carbocycles. The largest absolute Gasteiger partial charge is 0.294 e. The van der Waals surface area contributed by atoms with Gasteiger partial charge in [0.25, 0.3) is 10.1 Å². The number of nitrogens with zero attached hydrogens (tertiary/aromatic N) is 1. The second-order valence-electron chi connectivity index (χ2n) is 7.28. The van der Waals surface area contributed by atoms with Crippen LogP contribution < -0.4 is 0 Å². The minimum absolute atomic E-state index is 0.0666. The van der Waals surface area contributed by atoms with E-state index in [9.17, 15) is 8.42 Å². The fourth-order valence-corrected chi connectivity index (χ4v) is 3.97. The zero-order valence-corrected chi connectivity index (χ0v) is 17.7. The van der Waals surface area contributed by atoms with Crippen LogP contribution in [-0.4, -0.2) is 18.7 Å². The van der Waals surface area contributed by atoms with Crippen LogP contribution in [0.25, 0.3) is 5.57 Å². The average molecular weight is 396 g/mol.